The Balaban J connectivity index is 1.41. The summed E-state index contributed by atoms with van der Waals surface area (Å²) in [5, 5.41) is 0. The standard InChI is InChI=1S/C23H27NO5S/c25-23(24(18-7-4-5-8-18)19-13-14-30(26,27)17-19)16-28-21-11-6-12-22(15-21)29-20-9-2-1-3-10-20/h1-3,6,9-12,15,18-19H,4-5,7-8,13-14,16-17H2. The van der Waals surface area contributed by atoms with Crippen molar-refractivity contribution in [1.82, 2.24) is 4.90 Å². The molecule has 2 fully saturated rings. The van der Waals surface area contributed by atoms with E-state index in [1.54, 1.807) is 12.1 Å². The Hall–Kier alpha value is -2.54. The van der Waals surface area contributed by atoms with Gasteiger partial charge < -0.3 is 14.4 Å². The first-order valence-electron chi connectivity index (χ1n) is 10.5. The number of hydrogen-bond acceptors (Lipinski definition) is 5. The van der Waals surface area contributed by atoms with Crippen LogP contribution in [-0.2, 0) is 14.6 Å². The quantitative estimate of drug-likeness (QED) is 0.669. The molecule has 1 saturated carbocycles. The number of nitrogens with zero attached hydrogens (tertiary/aromatic N) is 1. The van der Waals surface area contributed by atoms with Gasteiger partial charge in [-0.25, -0.2) is 8.42 Å². The van der Waals surface area contributed by atoms with Gasteiger partial charge in [0.15, 0.2) is 16.4 Å². The van der Waals surface area contributed by atoms with Crippen LogP contribution in [0.5, 0.6) is 17.2 Å². The highest BCUT2D eigenvalue weighted by atomic mass is 32.2. The summed E-state index contributed by atoms with van der Waals surface area (Å²) in [5.41, 5.74) is 0. The molecule has 160 valence electrons. The van der Waals surface area contributed by atoms with E-state index in [9.17, 15) is 13.2 Å². The minimum Gasteiger partial charge on any atom is -0.484 e. The molecule has 0 spiro atoms. The summed E-state index contributed by atoms with van der Waals surface area (Å²) in [4.78, 5) is 14.9. The van der Waals surface area contributed by atoms with Crippen molar-refractivity contribution in [2.75, 3.05) is 18.1 Å². The molecule has 1 aliphatic heterocycles. The van der Waals surface area contributed by atoms with Crippen LogP contribution in [0.25, 0.3) is 0 Å². The molecule has 7 heteroatoms. The van der Waals surface area contributed by atoms with E-state index < -0.39 is 9.84 Å². The Morgan fingerprint density at radius 1 is 0.900 bits per heavy atom. The van der Waals surface area contributed by atoms with E-state index in [-0.39, 0.29) is 36.1 Å². The third-order valence-corrected chi connectivity index (χ3v) is 7.50. The molecule has 1 saturated heterocycles. The Labute approximate surface area is 177 Å². The number of amides is 1. The highest BCUT2D eigenvalue weighted by Gasteiger charge is 2.39. The van der Waals surface area contributed by atoms with Crippen molar-refractivity contribution >= 4 is 15.7 Å². The predicted molar refractivity (Wildman–Crippen MR) is 115 cm³/mol. The van der Waals surface area contributed by atoms with Crippen LogP contribution in [0.3, 0.4) is 0 Å². The Morgan fingerprint density at radius 3 is 2.30 bits per heavy atom. The fraction of sp³-hybridized carbons (Fsp3) is 0.435. The lowest BCUT2D eigenvalue weighted by atomic mass is 10.1. The summed E-state index contributed by atoms with van der Waals surface area (Å²) in [6.07, 6.45) is 4.54. The van der Waals surface area contributed by atoms with Gasteiger partial charge in [0, 0.05) is 18.2 Å². The fourth-order valence-corrected chi connectivity index (χ4v) is 6.07. The summed E-state index contributed by atoms with van der Waals surface area (Å²) < 4.78 is 35.5. The van der Waals surface area contributed by atoms with E-state index in [1.165, 1.54) is 0 Å². The lowest BCUT2D eigenvalue weighted by Crippen LogP contribution is -2.48. The average Bonchev–Trinajstić information content (AvgIpc) is 3.38. The zero-order valence-electron chi connectivity index (χ0n) is 16.9. The van der Waals surface area contributed by atoms with Crippen LogP contribution in [0.1, 0.15) is 32.1 Å². The Kier molecular flexibility index (Phi) is 6.27. The van der Waals surface area contributed by atoms with Gasteiger partial charge in [-0.2, -0.15) is 0 Å². The fourth-order valence-electron chi connectivity index (χ4n) is 4.35. The third-order valence-electron chi connectivity index (χ3n) is 5.75. The number of hydrogen-bond donors (Lipinski definition) is 0. The van der Waals surface area contributed by atoms with Gasteiger partial charge in [0.2, 0.25) is 0 Å². The molecular weight excluding hydrogens is 402 g/mol. The zero-order valence-corrected chi connectivity index (χ0v) is 17.7. The SMILES string of the molecule is O=C(COc1cccc(Oc2ccccc2)c1)N(C1CCCC1)C1CCS(=O)(=O)C1. The van der Waals surface area contributed by atoms with Gasteiger partial charge in [0.1, 0.15) is 17.2 Å². The highest BCUT2D eigenvalue weighted by molar-refractivity contribution is 7.91. The van der Waals surface area contributed by atoms with Crippen molar-refractivity contribution < 1.29 is 22.7 Å². The number of rotatable bonds is 7. The first-order chi connectivity index (χ1) is 14.5. The molecule has 1 unspecified atom stereocenters. The summed E-state index contributed by atoms with van der Waals surface area (Å²) in [7, 11) is -3.06. The smallest absolute Gasteiger partial charge is 0.261 e. The largest absolute Gasteiger partial charge is 0.484 e. The molecule has 0 aromatic heterocycles. The number of para-hydroxylation sites is 1. The maximum Gasteiger partial charge on any atom is 0.261 e. The normalized spacial score (nSPS) is 20.7. The summed E-state index contributed by atoms with van der Waals surface area (Å²) in [6.45, 7) is -0.109. The van der Waals surface area contributed by atoms with Crippen molar-refractivity contribution in [1.29, 1.82) is 0 Å². The van der Waals surface area contributed by atoms with Crippen LogP contribution in [0.2, 0.25) is 0 Å². The molecule has 30 heavy (non-hydrogen) atoms. The van der Waals surface area contributed by atoms with Crippen LogP contribution in [-0.4, -0.2) is 49.4 Å². The highest BCUT2D eigenvalue weighted by Crippen LogP contribution is 2.30. The topological polar surface area (TPSA) is 72.9 Å². The second-order valence-electron chi connectivity index (χ2n) is 7.97. The van der Waals surface area contributed by atoms with Crippen LogP contribution in [0.15, 0.2) is 54.6 Å². The number of benzene rings is 2. The molecule has 1 amide bonds. The molecule has 2 aliphatic rings. The number of carbonyl (C=O) groups is 1. The second kappa shape index (κ2) is 9.08. The van der Waals surface area contributed by atoms with Gasteiger partial charge in [-0.1, -0.05) is 37.1 Å². The van der Waals surface area contributed by atoms with Gasteiger partial charge in [-0.3, -0.25) is 4.79 Å². The molecule has 0 N–H and O–H groups in total. The summed E-state index contributed by atoms with van der Waals surface area (Å²) in [5.74, 6) is 1.98. The zero-order chi connectivity index (χ0) is 21.0. The molecule has 0 radical (unpaired) electrons. The minimum absolute atomic E-state index is 0.0651. The number of sulfone groups is 1. The van der Waals surface area contributed by atoms with E-state index >= 15 is 0 Å². The molecular formula is C23H27NO5S. The summed E-state index contributed by atoms with van der Waals surface area (Å²) in [6, 6.07) is 16.5. The lowest BCUT2D eigenvalue weighted by molar-refractivity contribution is -0.137. The monoisotopic (exact) mass is 429 g/mol. The minimum atomic E-state index is -3.06. The van der Waals surface area contributed by atoms with E-state index in [0.29, 0.717) is 17.9 Å². The second-order valence-corrected chi connectivity index (χ2v) is 10.2. The van der Waals surface area contributed by atoms with E-state index in [1.807, 2.05) is 47.4 Å². The number of ether oxygens (including phenoxy) is 2. The molecule has 4 rings (SSSR count). The van der Waals surface area contributed by atoms with E-state index in [0.717, 1.165) is 31.4 Å². The molecule has 2 aromatic rings. The first-order valence-corrected chi connectivity index (χ1v) is 12.3. The molecule has 1 atom stereocenters. The molecule has 1 aliphatic carbocycles. The maximum atomic E-state index is 13.1. The van der Waals surface area contributed by atoms with Gasteiger partial charge in [0.05, 0.1) is 11.5 Å². The molecule has 6 nitrogen and oxygen atoms in total. The van der Waals surface area contributed by atoms with Crippen molar-refractivity contribution in [2.24, 2.45) is 0 Å². The first kappa shape index (κ1) is 20.7. The van der Waals surface area contributed by atoms with Gasteiger partial charge >= 0.3 is 0 Å². The predicted octanol–water partition coefficient (Wildman–Crippen LogP) is 3.82. The van der Waals surface area contributed by atoms with Gasteiger partial charge in [-0.05, 0) is 43.5 Å². The van der Waals surface area contributed by atoms with Crippen molar-refractivity contribution in [2.45, 2.75) is 44.2 Å². The van der Waals surface area contributed by atoms with Crippen LogP contribution >= 0.6 is 0 Å². The van der Waals surface area contributed by atoms with Crippen molar-refractivity contribution in [3.05, 3.63) is 54.6 Å². The molecule has 1 heterocycles. The summed E-state index contributed by atoms with van der Waals surface area (Å²) >= 11 is 0. The van der Waals surface area contributed by atoms with E-state index in [2.05, 4.69) is 0 Å². The Bertz CT molecular complexity index is 970. The number of carbonyl (C=O) groups excluding carboxylic acids is 1. The van der Waals surface area contributed by atoms with Crippen molar-refractivity contribution in [3.8, 4) is 17.2 Å². The van der Waals surface area contributed by atoms with E-state index in [4.69, 9.17) is 9.47 Å². The third kappa shape index (κ3) is 5.14. The van der Waals surface area contributed by atoms with Crippen molar-refractivity contribution in [3.63, 3.8) is 0 Å². The van der Waals surface area contributed by atoms with Gasteiger partial charge in [0.25, 0.3) is 5.91 Å². The molecule has 0 bridgehead atoms. The van der Waals surface area contributed by atoms with Crippen LogP contribution in [0.4, 0.5) is 0 Å². The lowest BCUT2D eigenvalue weighted by Gasteiger charge is -2.34. The van der Waals surface area contributed by atoms with Gasteiger partial charge in [-0.15, -0.1) is 0 Å². The molecule has 2 aromatic carbocycles. The maximum absolute atomic E-state index is 13.1. The van der Waals surface area contributed by atoms with Crippen LogP contribution < -0.4 is 9.47 Å². The Morgan fingerprint density at radius 2 is 1.60 bits per heavy atom. The van der Waals surface area contributed by atoms with Crippen LogP contribution in [0, 0.1) is 0 Å². The average molecular weight is 430 g/mol.